The van der Waals surface area contributed by atoms with E-state index in [9.17, 15) is 0 Å². The number of ether oxygens (including phenoxy) is 13. The molecule has 386 valence electrons. The highest BCUT2D eigenvalue weighted by Gasteiger charge is 2.62. The summed E-state index contributed by atoms with van der Waals surface area (Å²) < 4.78 is 88.7. The van der Waals surface area contributed by atoms with Crippen molar-refractivity contribution in [3.05, 3.63) is 215 Å². The van der Waals surface area contributed by atoms with E-state index in [4.69, 9.17) is 61.6 Å². The second-order valence-electron chi connectivity index (χ2n) is 18.2. The van der Waals surface area contributed by atoms with Gasteiger partial charge in [0.15, 0.2) is 6.29 Å². The summed E-state index contributed by atoms with van der Waals surface area (Å²) in [6.45, 7) is 3.68. The smallest absolute Gasteiger partial charge is 0.224 e. The Morgan fingerprint density at radius 3 is 1.15 bits per heavy atom. The quantitative estimate of drug-likeness (QED) is 0.0769. The lowest BCUT2D eigenvalue weighted by Crippen LogP contribution is -2.65. The normalized spacial score (nSPS) is 26.3. The lowest BCUT2D eigenvalue weighted by Gasteiger charge is -2.48. The van der Waals surface area contributed by atoms with Crippen LogP contribution in [0.2, 0.25) is 0 Å². The molecule has 9 atom stereocenters. The van der Waals surface area contributed by atoms with Crippen molar-refractivity contribution < 1.29 is 61.6 Å². The van der Waals surface area contributed by atoms with E-state index < -0.39 is 54.8 Å². The lowest BCUT2D eigenvalue weighted by molar-refractivity contribution is -0.398. The molecular formula is C60H68O13. The minimum absolute atomic E-state index is 0.0978. The van der Waals surface area contributed by atoms with Gasteiger partial charge in [0.05, 0.1) is 92.5 Å². The molecule has 3 aliphatic heterocycles. The van der Waals surface area contributed by atoms with Crippen LogP contribution in [0.5, 0.6) is 0 Å². The minimum Gasteiger partial charge on any atom is -0.377 e. The molecule has 0 saturated carbocycles. The third-order valence-corrected chi connectivity index (χ3v) is 12.9. The van der Waals surface area contributed by atoms with Crippen LogP contribution in [0.4, 0.5) is 0 Å². The zero-order valence-corrected chi connectivity index (χ0v) is 41.4. The van der Waals surface area contributed by atoms with Gasteiger partial charge in [0.1, 0.15) is 49.3 Å². The van der Waals surface area contributed by atoms with Gasteiger partial charge in [-0.15, -0.1) is 0 Å². The minimum atomic E-state index is -1.70. The molecule has 0 unspecified atom stereocenters. The molecule has 73 heavy (non-hydrogen) atoms. The predicted octanol–water partition coefficient (Wildman–Crippen LogP) is 9.05. The van der Waals surface area contributed by atoms with Gasteiger partial charge in [-0.05, 0) is 33.4 Å². The molecule has 4 bridgehead atoms. The van der Waals surface area contributed by atoms with Gasteiger partial charge in [-0.2, -0.15) is 0 Å². The van der Waals surface area contributed by atoms with E-state index in [-0.39, 0.29) is 59.5 Å². The molecule has 3 saturated heterocycles. The standard InChI is InChI=1S/C60H68O13/c1-7-19-46(20-8-1)37-65-45-60-58(70-42-51-29-17-6-18-30-51)55(67-39-48-23-11-3-12-24-48)53(72-60)44-64-36-34-62-32-31-61-33-35-63-43-52-54(66-38-47-21-9-2-10-22-47)56(68-40-49-25-13-4-14-26-49)57(59(71-52)73-60)69-41-50-27-15-5-16-28-50/h1-30,52-59H,31-45H2/t52-,53-,54+,55+,56+,57-,58+,59-,60+/m1/s1. The molecule has 0 N–H and O–H groups in total. The van der Waals surface area contributed by atoms with Crippen LogP contribution in [-0.4, -0.2) is 114 Å². The fourth-order valence-corrected chi connectivity index (χ4v) is 9.17. The topological polar surface area (TPSA) is 120 Å². The third kappa shape index (κ3) is 15.7. The SMILES string of the molecule is c1ccc(COC[C@@]23O[C@H]4O[C@H](COCCOCCOCCOC[C@@H](O2)[C@H](OCc2ccccc2)[C@@H]3OCc2ccccc2)[C@H](OCc2ccccc2)[C@H](OCc2ccccc2)[C@H]4OCc2ccccc2)cc1. The van der Waals surface area contributed by atoms with Crippen molar-refractivity contribution in [2.75, 3.05) is 59.5 Å². The highest BCUT2D eigenvalue weighted by molar-refractivity contribution is 5.18. The molecule has 0 aromatic heterocycles. The van der Waals surface area contributed by atoms with E-state index in [0.717, 1.165) is 33.4 Å². The number of fused-ring (bicyclic) bond motifs is 4. The summed E-state index contributed by atoms with van der Waals surface area (Å²) in [7, 11) is 0. The molecule has 9 rings (SSSR count). The Morgan fingerprint density at radius 1 is 0.342 bits per heavy atom. The zero-order valence-electron chi connectivity index (χ0n) is 41.4. The second kappa shape index (κ2) is 28.5. The molecule has 0 amide bonds. The molecule has 6 aromatic rings. The van der Waals surface area contributed by atoms with Crippen LogP contribution in [0, 0.1) is 0 Å². The summed E-state index contributed by atoms with van der Waals surface area (Å²) in [5.41, 5.74) is 5.81. The summed E-state index contributed by atoms with van der Waals surface area (Å²) in [4.78, 5) is 0. The Labute approximate surface area is 429 Å². The average molecular weight is 997 g/mol. The van der Waals surface area contributed by atoms with Crippen molar-refractivity contribution >= 4 is 0 Å². The summed E-state index contributed by atoms with van der Waals surface area (Å²) in [6, 6.07) is 60.1. The Bertz CT molecular complexity index is 2400. The van der Waals surface area contributed by atoms with Crippen LogP contribution in [0.15, 0.2) is 182 Å². The van der Waals surface area contributed by atoms with Crippen LogP contribution in [-0.2, 0) is 101 Å². The monoisotopic (exact) mass is 996 g/mol. The molecular weight excluding hydrogens is 929 g/mol. The van der Waals surface area contributed by atoms with Gasteiger partial charge in [-0.25, -0.2) is 0 Å². The first kappa shape index (κ1) is 52.7. The maximum Gasteiger partial charge on any atom is 0.224 e. The highest BCUT2D eigenvalue weighted by atomic mass is 16.8. The zero-order chi connectivity index (χ0) is 49.6. The van der Waals surface area contributed by atoms with E-state index >= 15 is 0 Å². The summed E-state index contributed by atoms with van der Waals surface area (Å²) in [5.74, 6) is -1.70. The Morgan fingerprint density at radius 2 is 0.699 bits per heavy atom. The Balaban J connectivity index is 1.14. The molecule has 0 aliphatic carbocycles. The summed E-state index contributed by atoms with van der Waals surface area (Å²) in [5, 5.41) is 0. The molecule has 0 radical (unpaired) electrons. The van der Waals surface area contributed by atoms with E-state index in [1.807, 2.05) is 182 Å². The van der Waals surface area contributed by atoms with Gasteiger partial charge in [-0.1, -0.05) is 182 Å². The molecule has 0 spiro atoms. The van der Waals surface area contributed by atoms with Crippen molar-refractivity contribution in [3.63, 3.8) is 0 Å². The van der Waals surface area contributed by atoms with Gasteiger partial charge < -0.3 is 61.6 Å². The molecule has 3 fully saturated rings. The molecule has 13 heteroatoms. The van der Waals surface area contributed by atoms with E-state index in [1.54, 1.807) is 0 Å². The maximum absolute atomic E-state index is 7.59. The molecule has 3 aliphatic rings. The Kier molecular flexibility index (Phi) is 20.5. The predicted molar refractivity (Wildman–Crippen MR) is 272 cm³/mol. The van der Waals surface area contributed by atoms with Gasteiger partial charge in [0.25, 0.3) is 0 Å². The molecule has 3 heterocycles. The van der Waals surface area contributed by atoms with Crippen molar-refractivity contribution in [1.82, 2.24) is 0 Å². The van der Waals surface area contributed by atoms with Gasteiger partial charge in [0.2, 0.25) is 5.79 Å². The highest BCUT2D eigenvalue weighted by Crippen LogP contribution is 2.42. The first-order chi connectivity index (χ1) is 36.2. The van der Waals surface area contributed by atoms with E-state index in [1.165, 1.54) is 0 Å². The number of benzene rings is 6. The van der Waals surface area contributed by atoms with Crippen molar-refractivity contribution in [2.24, 2.45) is 0 Å². The first-order valence-electron chi connectivity index (χ1n) is 25.4. The molecule has 13 nitrogen and oxygen atoms in total. The van der Waals surface area contributed by atoms with E-state index in [2.05, 4.69) is 0 Å². The lowest BCUT2D eigenvalue weighted by atomic mass is 9.97. The average Bonchev–Trinajstić information content (AvgIpc) is 3.72. The number of hydrogen-bond acceptors (Lipinski definition) is 13. The fraction of sp³-hybridized carbons (Fsp3) is 0.400. The van der Waals surface area contributed by atoms with Crippen LogP contribution < -0.4 is 0 Å². The molecule has 6 aromatic carbocycles. The first-order valence-corrected chi connectivity index (χ1v) is 25.4. The van der Waals surface area contributed by atoms with Gasteiger partial charge in [-0.3, -0.25) is 0 Å². The van der Waals surface area contributed by atoms with Crippen molar-refractivity contribution in [3.8, 4) is 0 Å². The third-order valence-electron chi connectivity index (χ3n) is 12.9. The van der Waals surface area contributed by atoms with Crippen molar-refractivity contribution in [2.45, 2.75) is 94.4 Å². The van der Waals surface area contributed by atoms with Crippen LogP contribution in [0.1, 0.15) is 33.4 Å². The second-order valence-corrected chi connectivity index (χ2v) is 18.2. The summed E-state index contributed by atoms with van der Waals surface area (Å²) in [6.07, 6.45) is -6.69. The Hall–Kier alpha value is -5.20. The largest absolute Gasteiger partial charge is 0.377 e. The van der Waals surface area contributed by atoms with Crippen LogP contribution in [0.25, 0.3) is 0 Å². The number of rotatable bonds is 19. The van der Waals surface area contributed by atoms with Gasteiger partial charge in [0, 0.05) is 0 Å². The summed E-state index contributed by atoms with van der Waals surface area (Å²) >= 11 is 0. The van der Waals surface area contributed by atoms with E-state index in [0.29, 0.717) is 39.6 Å². The number of hydrogen-bond donors (Lipinski definition) is 0. The fourth-order valence-electron chi connectivity index (χ4n) is 9.17. The van der Waals surface area contributed by atoms with Gasteiger partial charge >= 0.3 is 0 Å². The van der Waals surface area contributed by atoms with Crippen molar-refractivity contribution in [1.29, 1.82) is 0 Å². The maximum atomic E-state index is 7.59. The van der Waals surface area contributed by atoms with Crippen LogP contribution >= 0.6 is 0 Å². The van der Waals surface area contributed by atoms with Crippen LogP contribution in [0.3, 0.4) is 0 Å².